The van der Waals surface area contributed by atoms with Crippen LogP contribution in [0.15, 0.2) is 48.5 Å². The van der Waals surface area contributed by atoms with Gasteiger partial charge in [-0.15, -0.1) is 0 Å². The average Bonchev–Trinajstić information content (AvgIpc) is 2.53. The number of nitrogens with one attached hydrogen (secondary N) is 1. The molecule has 0 unspecified atom stereocenters. The molecule has 0 radical (unpaired) electrons. The van der Waals surface area contributed by atoms with Gasteiger partial charge in [-0.2, -0.15) is 0 Å². The first kappa shape index (κ1) is 16.2. The van der Waals surface area contributed by atoms with E-state index in [-0.39, 0.29) is 0 Å². The van der Waals surface area contributed by atoms with E-state index in [1.807, 2.05) is 18.2 Å². The van der Waals surface area contributed by atoms with Gasteiger partial charge < -0.3 is 15.0 Å². The summed E-state index contributed by atoms with van der Waals surface area (Å²) in [6, 6.07) is 16.7. The smallest absolute Gasteiger partial charge is 0.122 e. The summed E-state index contributed by atoms with van der Waals surface area (Å²) in [6.45, 7) is 3.82. The van der Waals surface area contributed by atoms with E-state index in [2.05, 4.69) is 61.6 Å². The lowest BCUT2D eigenvalue weighted by Crippen LogP contribution is -2.09. The summed E-state index contributed by atoms with van der Waals surface area (Å²) in [7, 11) is 4.10. The van der Waals surface area contributed by atoms with E-state index < -0.39 is 0 Å². The molecule has 0 heterocycles. The number of nitrogens with zero attached hydrogens (tertiary/aromatic N) is 1. The van der Waals surface area contributed by atoms with Gasteiger partial charge in [-0.3, -0.25) is 0 Å². The van der Waals surface area contributed by atoms with Gasteiger partial charge in [-0.1, -0.05) is 18.2 Å². The molecule has 1 N–H and O–H groups in total. The molecular weight excluding hydrogens is 272 g/mol. The second-order valence-corrected chi connectivity index (χ2v) is 5.69. The maximum absolute atomic E-state index is 5.80. The number of rotatable bonds is 8. The number of hydrogen-bond acceptors (Lipinski definition) is 3. The Labute approximate surface area is 133 Å². The molecule has 0 aliphatic rings. The van der Waals surface area contributed by atoms with Crippen LogP contribution in [0.2, 0.25) is 0 Å². The minimum Gasteiger partial charge on any atom is -0.493 e. The molecule has 3 nitrogen and oxygen atoms in total. The van der Waals surface area contributed by atoms with Gasteiger partial charge in [-0.05, 0) is 55.7 Å². The number of hydrogen-bond donors (Lipinski definition) is 1. The van der Waals surface area contributed by atoms with Crippen molar-refractivity contribution in [2.75, 3.05) is 37.5 Å². The SMILES string of the molecule is Cc1ccccc1OCCCCNc1ccc(N(C)C)cc1. The van der Waals surface area contributed by atoms with Crippen LogP contribution in [-0.4, -0.2) is 27.2 Å². The van der Waals surface area contributed by atoms with E-state index in [0.29, 0.717) is 0 Å². The minimum absolute atomic E-state index is 0.770. The van der Waals surface area contributed by atoms with Crippen LogP contribution in [0.3, 0.4) is 0 Å². The van der Waals surface area contributed by atoms with Crippen molar-refractivity contribution in [2.45, 2.75) is 19.8 Å². The van der Waals surface area contributed by atoms with Crippen LogP contribution < -0.4 is 15.0 Å². The average molecular weight is 298 g/mol. The molecule has 0 bridgehead atoms. The molecule has 118 valence electrons. The molecule has 0 aromatic heterocycles. The summed E-state index contributed by atoms with van der Waals surface area (Å²) >= 11 is 0. The molecule has 0 amide bonds. The molecule has 0 aliphatic heterocycles. The molecule has 0 saturated heterocycles. The van der Waals surface area contributed by atoms with Gasteiger partial charge in [-0.25, -0.2) is 0 Å². The van der Waals surface area contributed by atoms with Crippen LogP contribution >= 0.6 is 0 Å². The number of ether oxygens (including phenoxy) is 1. The quantitative estimate of drug-likeness (QED) is 0.734. The molecule has 0 fully saturated rings. The van der Waals surface area contributed by atoms with Crippen molar-refractivity contribution in [1.82, 2.24) is 0 Å². The van der Waals surface area contributed by atoms with E-state index >= 15 is 0 Å². The lowest BCUT2D eigenvalue weighted by atomic mass is 10.2. The van der Waals surface area contributed by atoms with Gasteiger partial charge in [0.2, 0.25) is 0 Å². The van der Waals surface area contributed by atoms with Crippen molar-refractivity contribution in [3.63, 3.8) is 0 Å². The Balaban J connectivity index is 1.62. The summed E-state index contributed by atoms with van der Waals surface area (Å²) in [6.07, 6.45) is 2.15. The molecule has 3 heteroatoms. The molecule has 0 atom stereocenters. The summed E-state index contributed by atoms with van der Waals surface area (Å²) in [5.41, 5.74) is 3.59. The van der Waals surface area contributed by atoms with E-state index in [1.54, 1.807) is 0 Å². The van der Waals surface area contributed by atoms with Gasteiger partial charge in [0.1, 0.15) is 5.75 Å². The third-order valence-electron chi connectivity index (χ3n) is 3.64. The summed E-state index contributed by atoms with van der Waals surface area (Å²) in [5, 5.41) is 3.45. The number of unbranched alkanes of at least 4 members (excludes halogenated alkanes) is 1. The van der Waals surface area contributed by atoms with Gasteiger partial charge in [0.05, 0.1) is 6.61 Å². The number of para-hydroxylation sites is 1. The Hall–Kier alpha value is -2.16. The van der Waals surface area contributed by atoms with Crippen LogP contribution in [-0.2, 0) is 0 Å². The zero-order valence-corrected chi connectivity index (χ0v) is 13.8. The molecule has 2 aromatic rings. The summed E-state index contributed by atoms with van der Waals surface area (Å²) in [4.78, 5) is 2.10. The summed E-state index contributed by atoms with van der Waals surface area (Å²) in [5.74, 6) is 0.995. The highest BCUT2D eigenvalue weighted by atomic mass is 16.5. The van der Waals surface area contributed by atoms with Crippen molar-refractivity contribution >= 4 is 11.4 Å². The highest BCUT2D eigenvalue weighted by Crippen LogP contribution is 2.17. The summed E-state index contributed by atoms with van der Waals surface area (Å²) < 4.78 is 5.80. The second-order valence-electron chi connectivity index (χ2n) is 5.69. The lowest BCUT2D eigenvalue weighted by Gasteiger charge is -2.13. The highest BCUT2D eigenvalue weighted by molar-refractivity contribution is 5.54. The molecule has 0 spiro atoms. The molecule has 0 saturated carbocycles. The van der Waals surface area contributed by atoms with E-state index in [1.165, 1.54) is 16.9 Å². The topological polar surface area (TPSA) is 24.5 Å². The van der Waals surface area contributed by atoms with Crippen molar-refractivity contribution < 1.29 is 4.74 Å². The Bertz CT molecular complexity index is 564. The number of benzene rings is 2. The van der Waals surface area contributed by atoms with Gasteiger partial charge in [0.15, 0.2) is 0 Å². The molecule has 0 aliphatic carbocycles. The van der Waals surface area contributed by atoms with Crippen LogP contribution in [0.1, 0.15) is 18.4 Å². The standard InChI is InChI=1S/C19H26N2O/c1-16-8-4-5-9-19(16)22-15-7-6-14-20-17-10-12-18(13-11-17)21(2)3/h4-5,8-13,20H,6-7,14-15H2,1-3H3. The van der Waals surface area contributed by atoms with Crippen LogP contribution in [0, 0.1) is 6.92 Å². The third kappa shape index (κ3) is 4.99. The normalized spacial score (nSPS) is 10.3. The van der Waals surface area contributed by atoms with Gasteiger partial charge in [0.25, 0.3) is 0 Å². The van der Waals surface area contributed by atoms with E-state index in [0.717, 1.165) is 31.7 Å². The zero-order valence-electron chi connectivity index (χ0n) is 13.8. The predicted octanol–water partition coefficient (Wildman–Crippen LogP) is 4.33. The maximum Gasteiger partial charge on any atom is 0.122 e. The zero-order chi connectivity index (χ0) is 15.8. The lowest BCUT2D eigenvalue weighted by molar-refractivity contribution is 0.306. The minimum atomic E-state index is 0.770. The second kappa shape index (κ2) is 8.32. The molecule has 22 heavy (non-hydrogen) atoms. The first-order chi connectivity index (χ1) is 10.7. The highest BCUT2D eigenvalue weighted by Gasteiger charge is 1.98. The molecule has 2 rings (SSSR count). The monoisotopic (exact) mass is 298 g/mol. The Morgan fingerprint density at radius 2 is 1.68 bits per heavy atom. The first-order valence-electron chi connectivity index (χ1n) is 7.86. The largest absolute Gasteiger partial charge is 0.493 e. The number of anilines is 2. The van der Waals surface area contributed by atoms with Crippen LogP contribution in [0.25, 0.3) is 0 Å². The molecular formula is C19H26N2O. The fraction of sp³-hybridized carbons (Fsp3) is 0.368. The third-order valence-corrected chi connectivity index (χ3v) is 3.64. The van der Waals surface area contributed by atoms with E-state index in [4.69, 9.17) is 4.74 Å². The van der Waals surface area contributed by atoms with E-state index in [9.17, 15) is 0 Å². The van der Waals surface area contributed by atoms with Crippen molar-refractivity contribution in [1.29, 1.82) is 0 Å². The maximum atomic E-state index is 5.80. The van der Waals surface area contributed by atoms with Crippen LogP contribution in [0.5, 0.6) is 5.75 Å². The fourth-order valence-corrected chi connectivity index (χ4v) is 2.24. The van der Waals surface area contributed by atoms with Crippen molar-refractivity contribution in [2.24, 2.45) is 0 Å². The molecule has 2 aromatic carbocycles. The van der Waals surface area contributed by atoms with Crippen molar-refractivity contribution in [3.8, 4) is 5.75 Å². The Kier molecular flexibility index (Phi) is 6.13. The van der Waals surface area contributed by atoms with Crippen molar-refractivity contribution in [3.05, 3.63) is 54.1 Å². The predicted molar refractivity (Wildman–Crippen MR) is 95.2 cm³/mol. The Morgan fingerprint density at radius 1 is 0.955 bits per heavy atom. The number of aryl methyl sites for hydroxylation is 1. The first-order valence-corrected chi connectivity index (χ1v) is 7.86. The Morgan fingerprint density at radius 3 is 2.36 bits per heavy atom. The van der Waals surface area contributed by atoms with Gasteiger partial charge >= 0.3 is 0 Å². The fourth-order valence-electron chi connectivity index (χ4n) is 2.24. The van der Waals surface area contributed by atoms with Crippen LogP contribution in [0.4, 0.5) is 11.4 Å². The van der Waals surface area contributed by atoms with Gasteiger partial charge in [0, 0.05) is 32.0 Å².